The lowest BCUT2D eigenvalue weighted by molar-refractivity contribution is 0.0629. The number of thioether (sulfide) groups is 1. The number of hydrogen-bond donors (Lipinski definition) is 0. The Morgan fingerprint density at radius 2 is 1.92 bits per heavy atom. The largest absolute Gasteiger partial charge is 0.336 e. The van der Waals surface area contributed by atoms with Crippen molar-refractivity contribution >= 4 is 17.7 Å². The van der Waals surface area contributed by atoms with E-state index in [1.54, 1.807) is 11.8 Å². The molecule has 0 N–H and O–H groups in total. The second-order valence-corrected chi connectivity index (χ2v) is 7.54. The Bertz CT molecular complexity index is 707. The van der Waals surface area contributed by atoms with E-state index in [4.69, 9.17) is 0 Å². The molecule has 6 heteroatoms. The van der Waals surface area contributed by atoms with Crippen molar-refractivity contribution in [3.8, 4) is 0 Å². The topological polar surface area (TPSA) is 41.4 Å². The van der Waals surface area contributed by atoms with Gasteiger partial charge < -0.3 is 9.47 Å². The summed E-state index contributed by atoms with van der Waals surface area (Å²) in [7, 11) is 0. The van der Waals surface area contributed by atoms with Crippen LogP contribution >= 0.6 is 11.8 Å². The summed E-state index contributed by atoms with van der Waals surface area (Å²) < 4.78 is 2.18. The molecule has 1 amide bonds. The Balaban J connectivity index is 1.53. The molecule has 1 aliphatic heterocycles. The quantitative estimate of drug-likeness (QED) is 0.745. The van der Waals surface area contributed by atoms with Crippen molar-refractivity contribution in [1.82, 2.24) is 19.4 Å². The molecule has 0 atom stereocenters. The second kappa shape index (κ2) is 8.54. The zero-order valence-corrected chi connectivity index (χ0v) is 15.8. The van der Waals surface area contributed by atoms with Crippen molar-refractivity contribution in [2.75, 3.05) is 38.5 Å². The van der Waals surface area contributed by atoms with E-state index in [0.717, 1.165) is 61.3 Å². The zero-order chi connectivity index (χ0) is 17.6. The molecule has 1 fully saturated rings. The molecular weight excluding hydrogens is 332 g/mol. The summed E-state index contributed by atoms with van der Waals surface area (Å²) in [6.45, 7) is 9.57. The number of imidazole rings is 1. The number of rotatable bonds is 6. The summed E-state index contributed by atoms with van der Waals surface area (Å²) in [5.74, 6) is 2.20. The average Bonchev–Trinajstić information content (AvgIpc) is 3.05. The first-order chi connectivity index (χ1) is 12.2. The van der Waals surface area contributed by atoms with E-state index in [1.807, 2.05) is 48.5 Å². The van der Waals surface area contributed by atoms with E-state index in [0.29, 0.717) is 0 Å². The summed E-state index contributed by atoms with van der Waals surface area (Å²) in [6, 6.07) is 7.96. The standard InChI is InChI=1S/C19H26N4OS/c1-3-25-18-7-5-4-6-17(18)19(24)23-14-11-21(12-15-23)10-13-22-9-8-20-16(22)2/h4-9H,3,10-15H2,1-2H3. The molecule has 1 aromatic carbocycles. The van der Waals surface area contributed by atoms with Crippen LogP contribution in [0.4, 0.5) is 0 Å². The maximum atomic E-state index is 12.9. The van der Waals surface area contributed by atoms with Crippen LogP contribution in [0.25, 0.3) is 0 Å². The van der Waals surface area contributed by atoms with Crippen molar-refractivity contribution in [1.29, 1.82) is 0 Å². The minimum absolute atomic E-state index is 0.168. The Morgan fingerprint density at radius 3 is 2.60 bits per heavy atom. The molecule has 1 aliphatic rings. The molecule has 134 valence electrons. The third-order valence-electron chi connectivity index (χ3n) is 4.66. The van der Waals surface area contributed by atoms with Gasteiger partial charge in [-0.1, -0.05) is 19.1 Å². The average molecular weight is 359 g/mol. The molecule has 0 unspecified atom stereocenters. The van der Waals surface area contributed by atoms with Crippen LogP contribution in [0.15, 0.2) is 41.6 Å². The lowest BCUT2D eigenvalue weighted by Crippen LogP contribution is -2.49. The third kappa shape index (κ3) is 4.44. The molecule has 0 radical (unpaired) electrons. The first kappa shape index (κ1) is 18.0. The number of aromatic nitrogens is 2. The predicted octanol–water partition coefficient (Wildman–Crippen LogP) is 2.76. The van der Waals surface area contributed by atoms with E-state index >= 15 is 0 Å². The van der Waals surface area contributed by atoms with Crippen LogP contribution < -0.4 is 0 Å². The minimum Gasteiger partial charge on any atom is -0.336 e. The maximum Gasteiger partial charge on any atom is 0.255 e. The highest BCUT2D eigenvalue weighted by Crippen LogP contribution is 2.24. The highest BCUT2D eigenvalue weighted by molar-refractivity contribution is 7.99. The molecule has 2 aromatic rings. The fraction of sp³-hybridized carbons (Fsp3) is 0.474. The summed E-state index contributed by atoms with van der Waals surface area (Å²) in [6.07, 6.45) is 3.87. The number of carbonyl (C=O) groups is 1. The van der Waals surface area contributed by atoms with Gasteiger partial charge in [-0.05, 0) is 24.8 Å². The number of amides is 1. The molecule has 3 rings (SSSR count). The van der Waals surface area contributed by atoms with Crippen molar-refractivity contribution in [2.24, 2.45) is 0 Å². The fourth-order valence-corrected chi connectivity index (χ4v) is 3.96. The molecule has 0 aliphatic carbocycles. The van der Waals surface area contributed by atoms with Crippen LogP contribution in [-0.4, -0.2) is 63.7 Å². The lowest BCUT2D eigenvalue weighted by Gasteiger charge is -2.35. The smallest absolute Gasteiger partial charge is 0.255 e. The molecule has 5 nitrogen and oxygen atoms in total. The van der Waals surface area contributed by atoms with Crippen LogP contribution in [0.2, 0.25) is 0 Å². The summed E-state index contributed by atoms with van der Waals surface area (Å²) >= 11 is 1.74. The molecule has 0 saturated carbocycles. The van der Waals surface area contributed by atoms with Crippen molar-refractivity contribution in [2.45, 2.75) is 25.3 Å². The maximum absolute atomic E-state index is 12.9. The molecule has 2 heterocycles. The fourth-order valence-electron chi connectivity index (χ4n) is 3.16. The van der Waals surface area contributed by atoms with E-state index in [1.165, 1.54) is 0 Å². The van der Waals surface area contributed by atoms with Crippen molar-refractivity contribution < 1.29 is 4.79 Å². The van der Waals surface area contributed by atoms with E-state index in [-0.39, 0.29) is 5.91 Å². The van der Waals surface area contributed by atoms with E-state index in [2.05, 4.69) is 21.4 Å². The number of carbonyl (C=O) groups excluding carboxylic acids is 1. The molecule has 25 heavy (non-hydrogen) atoms. The minimum atomic E-state index is 0.168. The predicted molar refractivity (Wildman–Crippen MR) is 102 cm³/mol. The number of aryl methyl sites for hydroxylation is 1. The van der Waals surface area contributed by atoms with Crippen molar-refractivity contribution in [3.05, 3.63) is 48.0 Å². The number of piperazine rings is 1. The number of benzene rings is 1. The Kier molecular flexibility index (Phi) is 6.15. The van der Waals surface area contributed by atoms with Gasteiger partial charge in [0, 0.05) is 56.6 Å². The van der Waals surface area contributed by atoms with Gasteiger partial charge in [-0.25, -0.2) is 4.98 Å². The SMILES string of the molecule is CCSc1ccccc1C(=O)N1CCN(CCn2ccnc2C)CC1. The normalized spacial score (nSPS) is 15.5. The van der Waals surface area contributed by atoms with Gasteiger partial charge in [0.1, 0.15) is 5.82 Å². The van der Waals surface area contributed by atoms with E-state index < -0.39 is 0 Å². The van der Waals surface area contributed by atoms with Crippen LogP contribution in [-0.2, 0) is 6.54 Å². The van der Waals surface area contributed by atoms with Gasteiger partial charge in [0.15, 0.2) is 0 Å². The summed E-state index contributed by atoms with van der Waals surface area (Å²) in [5, 5.41) is 0. The van der Waals surface area contributed by atoms with Crippen LogP contribution in [0.3, 0.4) is 0 Å². The third-order valence-corrected chi connectivity index (χ3v) is 5.61. The Morgan fingerprint density at radius 1 is 1.16 bits per heavy atom. The highest BCUT2D eigenvalue weighted by Gasteiger charge is 2.23. The number of hydrogen-bond acceptors (Lipinski definition) is 4. The molecule has 1 saturated heterocycles. The van der Waals surface area contributed by atoms with Gasteiger partial charge in [-0.15, -0.1) is 11.8 Å². The Labute approximate surface area is 154 Å². The van der Waals surface area contributed by atoms with Crippen LogP contribution in [0.5, 0.6) is 0 Å². The van der Waals surface area contributed by atoms with Gasteiger partial charge in [-0.2, -0.15) is 0 Å². The van der Waals surface area contributed by atoms with Crippen LogP contribution in [0, 0.1) is 6.92 Å². The van der Waals surface area contributed by atoms with Gasteiger partial charge in [0.25, 0.3) is 5.91 Å². The first-order valence-corrected chi connectivity index (χ1v) is 9.88. The second-order valence-electron chi connectivity index (χ2n) is 6.23. The number of nitrogens with zero attached hydrogens (tertiary/aromatic N) is 4. The molecule has 0 spiro atoms. The van der Waals surface area contributed by atoms with Gasteiger partial charge in [-0.3, -0.25) is 9.69 Å². The molecule has 0 bridgehead atoms. The summed E-state index contributed by atoms with van der Waals surface area (Å²) in [5.41, 5.74) is 0.844. The lowest BCUT2D eigenvalue weighted by atomic mass is 10.2. The van der Waals surface area contributed by atoms with Crippen LogP contribution in [0.1, 0.15) is 23.1 Å². The van der Waals surface area contributed by atoms with Gasteiger partial charge in [0.2, 0.25) is 0 Å². The van der Waals surface area contributed by atoms with Crippen molar-refractivity contribution in [3.63, 3.8) is 0 Å². The molecular formula is C19H26N4OS. The van der Waals surface area contributed by atoms with Gasteiger partial charge in [0.05, 0.1) is 5.56 Å². The summed E-state index contributed by atoms with van der Waals surface area (Å²) in [4.78, 5) is 22.6. The Hall–Kier alpha value is -1.79. The highest BCUT2D eigenvalue weighted by atomic mass is 32.2. The first-order valence-electron chi connectivity index (χ1n) is 8.90. The van der Waals surface area contributed by atoms with Gasteiger partial charge >= 0.3 is 0 Å². The van der Waals surface area contributed by atoms with E-state index in [9.17, 15) is 4.79 Å². The molecule has 1 aromatic heterocycles. The monoisotopic (exact) mass is 358 g/mol. The zero-order valence-electron chi connectivity index (χ0n) is 15.0.